The normalized spacial score (nSPS) is 15.2. The van der Waals surface area contributed by atoms with E-state index in [9.17, 15) is 0 Å². The Labute approximate surface area is 219 Å². The molecule has 180 valence electrons. The maximum Gasteiger partial charge on any atom is 0.212 e. The van der Waals surface area contributed by atoms with Gasteiger partial charge in [0.1, 0.15) is 0 Å². The van der Waals surface area contributed by atoms with Crippen molar-refractivity contribution < 1.29 is 0 Å². The molecule has 0 nitrogen and oxygen atoms in total. The first-order chi connectivity index (χ1) is 13.6. The van der Waals surface area contributed by atoms with Gasteiger partial charge >= 0.3 is 0 Å². The van der Waals surface area contributed by atoms with Gasteiger partial charge in [0.25, 0.3) is 0 Å². The molecule has 0 aromatic carbocycles. The van der Waals surface area contributed by atoms with Gasteiger partial charge in [-0.3, -0.25) is 0 Å². The van der Waals surface area contributed by atoms with Gasteiger partial charge in [0.2, 0.25) is 48.9 Å². The fraction of sp³-hybridized carbons (Fsp3) is 1.00. The second-order valence-electron chi connectivity index (χ2n) is 12.1. The van der Waals surface area contributed by atoms with Gasteiger partial charge in [0.05, 0.1) is 0 Å². The van der Waals surface area contributed by atoms with Crippen molar-refractivity contribution in [1.82, 2.24) is 0 Å². The third kappa shape index (κ3) is 17.1. The lowest BCUT2D eigenvalue weighted by Crippen LogP contribution is -2.20. The number of hydrogen-bond donors (Lipinski definition) is 0. The highest BCUT2D eigenvalue weighted by atomic mass is 27.1. The number of rotatable bonds is 12. The van der Waals surface area contributed by atoms with E-state index in [1.165, 1.54) is 103 Å². The summed E-state index contributed by atoms with van der Waals surface area (Å²) in [5, 5.41) is 4.35. The average Bonchev–Trinajstić information content (AvgIpc) is 2.66. The minimum Gasteiger partial charge on any atom is -0.0982 e. The first kappa shape index (κ1) is 36.2. The molecule has 3 atom stereocenters. The summed E-state index contributed by atoms with van der Waals surface area (Å²) in [6.07, 6.45) is 8.15. The fourth-order valence-corrected chi connectivity index (χ4v) is 7.65. The first-order valence-electron chi connectivity index (χ1n) is 13.6. The standard InChI is InChI=1S/3C9H19.3Al.6H/c3*1-6-7-9(4,5)8(2)3;;;;;;;;;/h3*8H,2,6-7H2,1,3-5H3;;;;;;;;;. The minimum absolute atomic E-state index is 0.594. The molecule has 0 fully saturated rings. The highest BCUT2D eigenvalue weighted by molar-refractivity contribution is 6.09. The molecule has 0 radical (unpaired) electrons. The lowest BCUT2D eigenvalue weighted by molar-refractivity contribution is 0.227. The van der Waals surface area contributed by atoms with E-state index >= 15 is 0 Å². The van der Waals surface area contributed by atoms with Gasteiger partial charge in [-0.25, -0.2) is 0 Å². The molecule has 30 heavy (non-hydrogen) atoms. The summed E-state index contributed by atoms with van der Waals surface area (Å²) < 4.78 is 0. The van der Waals surface area contributed by atoms with Gasteiger partial charge in [0, 0.05) is 0 Å². The van der Waals surface area contributed by atoms with Crippen LogP contribution >= 0.6 is 0 Å². The van der Waals surface area contributed by atoms with Gasteiger partial charge in [0.15, 0.2) is 0 Å². The Morgan fingerprint density at radius 3 is 0.733 bits per heavy atom. The van der Waals surface area contributed by atoms with Crippen LogP contribution in [0, 0.1) is 34.0 Å². The zero-order valence-electron chi connectivity index (χ0n) is 24.6. The molecule has 0 aliphatic rings. The highest BCUT2D eigenvalue weighted by Crippen LogP contribution is 2.34. The fourth-order valence-electron chi connectivity index (χ4n) is 4.33. The molecule has 0 rings (SSSR count). The van der Waals surface area contributed by atoms with E-state index in [1.807, 2.05) is 0 Å². The molecule has 0 aromatic heterocycles. The maximum absolute atomic E-state index is 2.40. The van der Waals surface area contributed by atoms with Crippen molar-refractivity contribution in [3.05, 3.63) is 0 Å². The van der Waals surface area contributed by atoms with Crippen molar-refractivity contribution in [3.8, 4) is 0 Å². The van der Waals surface area contributed by atoms with Crippen molar-refractivity contribution in [3.63, 3.8) is 0 Å². The Morgan fingerprint density at radius 1 is 0.467 bits per heavy atom. The van der Waals surface area contributed by atoms with E-state index in [-0.39, 0.29) is 0 Å². The lowest BCUT2D eigenvalue weighted by Gasteiger charge is -2.31. The van der Waals surface area contributed by atoms with E-state index in [4.69, 9.17) is 0 Å². The third-order valence-electron chi connectivity index (χ3n) is 8.52. The van der Waals surface area contributed by atoms with Crippen LogP contribution < -0.4 is 0 Å². The zero-order valence-corrected chi connectivity index (χ0v) is 30.6. The van der Waals surface area contributed by atoms with Crippen LogP contribution in [0.25, 0.3) is 0 Å². The molecule has 0 aliphatic carbocycles. The van der Waals surface area contributed by atoms with Crippen molar-refractivity contribution in [2.75, 3.05) is 0 Å². The molecule has 0 aromatic rings. The van der Waals surface area contributed by atoms with Gasteiger partial charge in [-0.05, 0) is 35.5 Å². The molecular weight excluding hydrogens is 405 g/mol. The second-order valence-corrected chi connectivity index (χ2v) is 14.6. The van der Waals surface area contributed by atoms with Crippen LogP contribution in [-0.4, -0.2) is 48.9 Å². The quantitative estimate of drug-likeness (QED) is 0.260. The molecule has 0 saturated carbocycles. The third-order valence-corrected chi connectivity index (χ3v) is 12.2. The molecule has 0 bridgehead atoms. The van der Waals surface area contributed by atoms with Gasteiger partial charge < -0.3 is 0 Å². The maximum atomic E-state index is 2.40. The van der Waals surface area contributed by atoms with Gasteiger partial charge in [-0.1, -0.05) is 136 Å². The summed E-state index contributed by atoms with van der Waals surface area (Å²) in [7, 11) is 0. The van der Waals surface area contributed by atoms with Crippen molar-refractivity contribution in [2.45, 2.75) is 137 Å². The van der Waals surface area contributed by atoms with E-state index in [0.717, 1.165) is 17.8 Å². The number of hydrogen-bond acceptors (Lipinski definition) is 0. The summed E-state index contributed by atoms with van der Waals surface area (Å²) in [5.41, 5.74) is 1.78. The molecule has 0 N–H and O–H groups in total. The Morgan fingerprint density at radius 2 is 0.633 bits per heavy atom. The summed E-state index contributed by atoms with van der Waals surface area (Å²) >= 11 is 4.08. The Kier molecular flexibility index (Phi) is 22.9. The summed E-state index contributed by atoms with van der Waals surface area (Å²) in [6, 6.07) is 0. The summed E-state index contributed by atoms with van der Waals surface area (Å²) in [5.74, 6) is 2.79. The smallest absolute Gasteiger partial charge is 0.0982 e. The molecule has 0 aliphatic heterocycles. The van der Waals surface area contributed by atoms with Crippen molar-refractivity contribution in [1.29, 1.82) is 0 Å². The second kappa shape index (κ2) is 19.0. The van der Waals surface area contributed by atoms with Crippen LogP contribution in [0.4, 0.5) is 0 Å². The largest absolute Gasteiger partial charge is 0.212 e. The van der Waals surface area contributed by atoms with Crippen LogP contribution in [0.1, 0.15) is 122 Å². The lowest BCUT2D eigenvalue weighted by atomic mass is 9.77. The first-order valence-corrected chi connectivity index (χ1v) is 17.9. The average molecular weight is 469 g/mol. The summed E-state index contributed by atoms with van der Waals surface area (Å²) in [4.78, 5) is 0. The van der Waals surface area contributed by atoms with Crippen molar-refractivity contribution >= 4 is 48.9 Å². The Hall–Kier alpha value is 1.60. The minimum atomic E-state index is 0.594. The van der Waals surface area contributed by atoms with Crippen LogP contribution in [0.2, 0.25) is 15.8 Å². The molecule has 3 unspecified atom stereocenters. The van der Waals surface area contributed by atoms with Crippen molar-refractivity contribution in [2.24, 2.45) is 34.0 Å². The van der Waals surface area contributed by atoms with Crippen LogP contribution in [0.3, 0.4) is 0 Å². The SMILES string of the molecule is CCCC(C)(C)C(C)[CH2][AlH2].CCCC(C)(C)C(C)[CH2][AlH2].CCCC(C)(C)C(C)[CH2][AlH2]. The van der Waals surface area contributed by atoms with E-state index in [0.29, 0.717) is 16.2 Å². The predicted molar refractivity (Wildman–Crippen MR) is 154 cm³/mol. The summed E-state index contributed by atoms with van der Waals surface area (Å²) in [6.45, 7) is 28.4. The van der Waals surface area contributed by atoms with Crippen LogP contribution in [0.5, 0.6) is 0 Å². The highest BCUT2D eigenvalue weighted by Gasteiger charge is 2.23. The molecule has 0 spiro atoms. The Balaban J connectivity index is -0.000000364. The van der Waals surface area contributed by atoms with E-state index in [2.05, 4.69) is 83.1 Å². The van der Waals surface area contributed by atoms with E-state index < -0.39 is 0 Å². The predicted octanol–water partition coefficient (Wildman–Crippen LogP) is 7.50. The van der Waals surface area contributed by atoms with Gasteiger partial charge in [-0.15, -0.1) is 0 Å². The van der Waals surface area contributed by atoms with E-state index in [1.54, 1.807) is 0 Å². The zero-order chi connectivity index (χ0) is 24.6. The monoisotopic (exact) mass is 468 g/mol. The molecular formula is C27H63Al3. The Bertz CT molecular complexity index is 317. The molecule has 0 heterocycles. The topological polar surface area (TPSA) is 0 Å². The van der Waals surface area contributed by atoms with Crippen LogP contribution in [-0.2, 0) is 0 Å². The molecule has 3 heteroatoms. The van der Waals surface area contributed by atoms with Gasteiger partial charge in [-0.2, -0.15) is 0 Å². The van der Waals surface area contributed by atoms with Crippen LogP contribution in [0.15, 0.2) is 0 Å². The molecule has 0 saturated heterocycles. The molecule has 0 amide bonds.